The van der Waals surface area contributed by atoms with Gasteiger partial charge in [-0.05, 0) is 48.0 Å². The molecule has 0 bridgehead atoms. The number of hydrogen-bond donors (Lipinski definition) is 1. The molecule has 0 unspecified atom stereocenters. The Hall–Kier alpha value is -2.58. The predicted octanol–water partition coefficient (Wildman–Crippen LogP) is 7.45. The Morgan fingerprint density at radius 2 is 1.67 bits per heavy atom. The number of anilines is 2. The van der Waals surface area contributed by atoms with Crippen LogP contribution in [0.2, 0.25) is 0 Å². The van der Waals surface area contributed by atoms with Crippen molar-refractivity contribution < 1.29 is 13.2 Å². The molecule has 0 spiro atoms. The Morgan fingerprint density at radius 3 is 2.40 bits per heavy atom. The highest BCUT2D eigenvalue weighted by Crippen LogP contribution is 2.31. The van der Waals surface area contributed by atoms with Crippen molar-refractivity contribution in [2.45, 2.75) is 17.1 Å². The van der Waals surface area contributed by atoms with Crippen LogP contribution in [0.15, 0.2) is 82.4 Å². The number of alkyl halides is 3. The van der Waals surface area contributed by atoms with Crippen LogP contribution in [0.3, 0.4) is 0 Å². The monoisotopic (exact) mass is 489 g/mol. The molecule has 3 aromatic carbocycles. The van der Waals surface area contributed by atoms with Gasteiger partial charge in [0.1, 0.15) is 5.82 Å². The first-order valence-corrected chi connectivity index (χ1v) is 10.7. The molecule has 1 aromatic heterocycles. The van der Waals surface area contributed by atoms with Gasteiger partial charge in [0, 0.05) is 21.3 Å². The second-order valence-electron chi connectivity index (χ2n) is 6.49. The average molecular weight is 490 g/mol. The van der Waals surface area contributed by atoms with Gasteiger partial charge in [0.05, 0.1) is 11.1 Å². The molecular weight excluding hydrogens is 475 g/mol. The normalized spacial score (nSPS) is 11.6. The molecule has 30 heavy (non-hydrogen) atoms. The summed E-state index contributed by atoms with van der Waals surface area (Å²) in [6.07, 6.45) is -4.33. The second-order valence-corrected chi connectivity index (χ2v) is 8.35. The molecule has 152 valence electrons. The largest absolute Gasteiger partial charge is 0.416 e. The lowest BCUT2D eigenvalue weighted by Crippen LogP contribution is -2.04. The third-order valence-corrected chi connectivity index (χ3v) is 5.73. The number of hydrogen-bond acceptors (Lipinski definition) is 4. The van der Waals surface area contributed by atoms with E-state index in [4.69, 9.17) is 0 Å². The van der Waals surface area contributed by atoms with E-state index in [0.717, 1.165) is 38.8 Å². The van der Waals surface area contributed by atoms with E-state index in [1.165, 1.54) is 23.9 Å². The Morgan fingerprint density at radius 1 is 0.900 bits per heavy atom. The summed E-state index contributed by atoms with van der Waals surface area (Å²) in [6, 6.07) is 20.6. The van der Waals surface area contributed by atoms with Crippen LogP contribution >= 0.6 is 27.7 Å². The smallest absolute Gasteiger partial charge is 0.340 e. The minimum absolute atomic E-state index is 0.465. The number of fused-ring (bicyclic) bond motifs is 1. The van der Waals surface area contributed by atoms with Crippen LogP contribution in [0, 0.1) is 0 Å². The zero-order valence-corrected chi connectivity index (χ0v) is 17.9. The molecule has 1 heterocycles. The summed E-state index contributed by atoms with van der Waals surface area (Å²) in [4.78, 5) is 9.23. The summed E-state index contributed by atoms with van der Waals surface area (Å²) in [5, 5.41) is 4.76. The standard InChI is InChI=1S/C22H15BrF3N3S/c23-16-4-3-5-17(12-16)27-20-18-6-1-2-7-19(18)28-21(29-20)30-13-14-8-10-15(11-9-14)22(24,25)26/h1-12H,13H2,(H,27,28,29). The summed E-state index contributed by atoms with van der Waals surface area (Å²) >= 11 is 4.84. The average Bonchev–Trinajstić information content (AvgIpc) is 2.72. The lowest BCUT2D eigenvalue weighted by Gasteiger charge is -2.11. The van der Waals surface area contributed by atoms with E-state index in [1.807, 2.05) is 48.5 Å². The van der Waals surface area contributed by atoms with Crippen molar-refractivity contribution >= 4 is 50.1 Å². The van der Waals surface area contributed by atoms with Gasteiger partial charge in [-0.3, -0.25) is 0 Å². The van der Waals surface area contributed by atoms with Crippen LogP contribution in [0.4, 0.5) is 24.7 Å². The van der Waals surface area contributed by atoms with Gasteiger partial charge in [-0.25, -0.2) is 9.97 Å². The summed E-state index contributed by atoms with van der Waals surface area (Å²) in [6.45, 7) is 0. The Labute approximate surface area is 183 Å². The van der Waals surface area contributed by atoms with E-state index in [2.05, 4.69) is 31.2 Å². The fourth-order valence-corrected chi connectivity index (χ4v) is 4.06. The number of thioether (sulfide) groups is 1. The number of para-hydroxylation sites is 1. The first kappa shape index (κ1) is 20.7. The third kappa shape index (κ3) is 4.94. The number of rotatable bonds is 5. The van der Waals surface area contributed by atoms with E-state index in [1.54, 1.807) is 0 Å². The molecule has 0 atom stereocenters. The lowest BCUT2D eigenvalue weighted by atomic mass is 10.1. The second kappa shape index (κ2) is 8.65. The van der Waals surface area contributed by atoms with Crippen molar-refractivity contribution in [3.8, 4) is 0 Å². The molecule has 3 nitrogen and oxygen atoms in total. The van der Waals surface area contributed by atoms with Gasteiger partial charge < -0.3 is 5.32 Å². The molecule has 0 aliphatic heterocycles. The molecule has 0 saturated carbocycles. The summed E-state index contributed by atoms with van der Waals surface area (Å²) < 4.78 is 39.1. The molecular formula is C22H15BrF3N3S. The topological polar surface area (TPSA) is 37.8 Å². The van der Waals surface area contributed by atoms with Gasteiger partial charge in [0.2, 0.25) is 0 Å². The Kier molecular flexibility index (Phi) is 5.97. The van der Waals surface area contributed by atoms with E-state index in [-0.39, 0.29) is 0 Å². The van der Waals surface area contributed by atoms with E-state index < -0.39 is 11.7 Å². The van der Waals surface area contributed by atoms with Gasteiger partial charge >= 0.3 is 6.18 Å². The molecule has 0 amide bonds. The molecule has 4 rings (SSSR count). The van der Waals surface area contributed by atoms with Crippen LogP contribution in [0.1, 0.15) is 11.1 Å². The zero-order chi connectivity index (χ0) is 21.1. The van der Waals surface area contributed by atoms with Gasteiger partial charge in [0.15, 0.2) is 5.16 Å². The van der Waals surface area contributed by atoms with Crippen molar-refractivity contribution in [3.05, 3.63) is 88.4 Å². The number of halogens is 4. The fourth-order valence-electron chi connectivity index (χ4n) is 2.86. The molecule has 0 aliphatic rings. The maximum atomic E-state index is 12.7. The van der Waals surface area contributed by atoms with Crippen molar-refractivity contribution in [2.24, 2.45) is 0 Å². The summed E-state index contributed by atoms with van der Waals surface area (Å²) in [7, 11) is 0. The predicted molar refractivity (Wildman–Crippen MR) is 118 cm³/mol. The SMILES string of the molecule is FC(F)(F)c1ccc(CSc2nc(Nc3cccc(Br)c3)c3ccccc3n2)cc1. The van der Waals surface area contributed by atoms with E-state index in [0.29, 0.717) is 16.7 Å². The molecule has 0 fully saturated rings. The zero-order valence-electron chi connectivity index (χ0n) is 15.4. The molecule has 8 heteroatoms. The minimum Gasteiger partial charge on any atom is -0.340 e. The fraction of sp³-hybridized carbons (Fsp3) is 0.0909. The highest BCUT2D eigenvalue weighted by molar-refractivity contribution is 9.10. The van der Waals surface area contributed by atoms with Gasteiger partial charge in [-0.2, -0.15) is 13.2 Å². The molecule has 0 radical (unpaired) electrons. The maximum absolute atomic E-state index is 12.7. The maximum Gasteiger partial charge on any atom is 0.416 e. The van der Waals surface area contributed by atoms with Crippen molar-refractivity contribution in [1.82, 2.24) is 9.97 Å². The molecule has 1 N–H and O–H groups in total. The first-order chi connectivity index (χ1) is 14.4. The van der Waals surface area contributed by atoms with E-state index in [9.17, 15) is 13.2 Å². The Bertz CT molecular complexity index is 1180. The van der Waals surface area contributed by atoms with Crippen LogP contribution in [-0.2, 0) is 11.9 Å². The number of benzene rings is 3. The van der Waals surface area contributed by atoms with E-state index >= 15 is 0 Å². The van der Waals surface area contributed by atoms with Crippen molar-refractivity contribution in [2.75, 3.05) is 5.32 Å². The van der Waals surface area contributed by atoms with Crippen LogP contribution in [0.25, 0.3) is 10.9 Å². The number of aromatic nitrogens is 2. The minimum atomic E-state index is -4.33. The highest BCUT2D eigenvalue weighted by Gasteiger charge is 2.29. The Balaban J connectivity index is 1.58. The highest BCUT2D eigenvalue weighted by atomic mass is 79.9. The number of nitrogens with one attached hydrogen (secondary N) is 1. The van der Waals surface area contributed by atoms with Crippen molar-refractivity contribution in [3.63, 3.8) is 0 Å². The quantitative estimate of drug-likeness (QED) is 0.233. The lowest BCUT2D eigenvalue weighted by molar-refractivity contribution is -0.137. The van der Waals surface area contributed by atoms with Gasteiger partial charge in [-0.1, -0.05) is 58.0 Å². The first-order valence-electron chi connectivity index (χ1n) is 8.97. The molecule has 0 aliphatic carbocycles. The van der Waals surface area contributed by atoms with Crippen LogP contribution in [-0.4, -0.2) is 9.97 Å². The summed E-state index contributed by atoms with van der Waals surface area (Å²) in [5.74, 6) is 1.14. The van der Waals surface area contributed by atoms with Crippen LogP contribution in [0.5, 0.6) is 0 Å². The summed E-state index contributed by atoms with van der Waals surface area (Å²) in [5.41, 5.74) is 1.79. The van der Waals surface area contributed by atoms with Gasteiger partial charge in [-0.15, -0.1) is 0 Å². The number of nitrogens with zero attached hydrogens (tertiary/aromatic N) is 2. The van der Waals surface area contributed by atoms with Crippen molar-refractivity contribution in [1.29, 1.82) is 0 Å². The molecule has 4 aromatic rings. The molecule has 0 saturated heterocycles. The van der Waals surface area contributed by atoms with Gasteiger partial charge in [0.25, 0.3) is 0 Å². The third-order valence-electron chi connectivity index (χ3n) is 4.32. The van der Waals surface area contributed by atoms with Crippen LogP contribution < -0.4 is 5.32 Å².